The molecule has 2 aromatic carbocycles. The minimum atomic E-state index is -4.41. The second kappa shape index (κ2) is 6.74. The largest absolute Gasteiger partial charge is 0.417 e. The summed E-state index contributed by atoms with van der Waals surface area (Å²) < 4.78 is 49.5. The summed E-state index contributed by atoms with van der Waals surface area (Å²) in [4.78, 5) is 0. The van der Waals surface area contributed by atoms with E-state index in [0.29, 0.717) is 11.1 Å². The highest BCUT2D eigenvalue weighted by Gasteiger charge is 2.33. The molecule has 0 aliphatic heterocycles. The Hall–Kier alpha value is -1.85. The van der Waals surface area contributed by atoms with E-state index in [1.165, 1.54) is 13.2 Å². The number of hydrogen-bond acceptors (Lipinski definition) is 2. The molecule has 0 fully saturated rings. The number of hydrogen-bond donors (Lipinski definition) is 0. The van der Waals surface area contributed by atoms with Gasteiger partial charge in [0.1, 0.15) is 6.79 Å². The van der Waals surface area contributed by atoms with Gasteiger partial charge in [-0.2, -0.15) is 13.2 Å². The molecule has 0 aliphatic carbocycles. The minimum Gasteiger partial charge on any atom is -0.359 e. The van der Waals surface area contributed by atoms with Crippen molar-refractivity contribution in [2.75, 3.05) is 13.9 Å². The normalized spacial score (nSPS) is 11.6. The van der Waals surface area contributed by atoms with Crippen molar-refractivity contribution in [1.29, 1.82) is 0 Å². The molecule has 0 amide bonds. The molecule has 0 unspecified atom stereocenters. The van der Waals surface area contributed by atoms with Crippen molar-refractivity contribution >= 4 is 0 Å². The summed E-state index contributed by atoms with van der Waals surface area (Å²) >= 11 is 0. The molecule has 0 aliphatic rings. The Morgan fingerprint density at radius 1 is 1.00 bits per heavy atom. The van der Waals surface area contributed by atoms with E-state index >= 15 is 0 Å². The Morgan fingerprint density at radius 2 is 1.71 bits per heavy atom. The molecule has 0 bridgehead atoms. The van der Waals surface area contributed by atoms with Gasteiger partial charge in [0.15, 0.2) is 0 Å². The van der Waals surface area contributed by atoms with E-state index in [9.17, 15) is 13.2 Å². The van der Waals surface area contributed by atoms with Crippen LogP contribution in [0, 0.1) is 0 Å². The van der Waals surface area contributed by atoms with Gasteiger partial charge in [0, 0.05) is 7.11 Å². The standard InChI is InChI=1S/C16H15F3O2/c1-20-11-21-10-12-7-8-14(13-5-3-2-4-6-13)15(9-12)16(17,18)19/h2-9H,10-11H2,1H3. The van der Waals surface area contributed by atoms with E-state index in [-0.39, 0.29) is 19.0 Å². The molecule has 0 aromatic heterocycles. The van der Waals surface area contributed by atoms with Crippen molar-refractivity contribution in [3.63, 3.8) is 0 Å². The molecule has 0 N–H and O–H groups in total. The van der Waals surface area contributed by atoms with Crippen LogP contribution in [-0.2, 0) is 22.3 Å². The van der Waals surface area contributed by atoms with Gasteiger partial charge in [-0.15, -0.1) is 0 Å². The zero-order valence-corrected chi connectivity index (χ0v) is 11.5. The van der Waals surface area contributed by atoms with Gasteiger partial charge in [0.05, 0.1) is 12.2 Å². The van der Waals surface area contributed by atoms with Crippen LogP contribution in [0.5, 0.6) is 0 Å². The average molecular weight is 296 g/mol. The molecule has 0 atom stereocenters. The Morgan fingerprint density at radius 3 is 2.33 bits per heavy atom. The summed E-state index contributed by atoms with van der Waals surface area (Å²) in [7, 11) is 1.46. The van der Waals surface area contributed by atoms with Gasteiger partial charge in [-0.05, 0) is 22.8 Å². The first-order chi connectivity index (χ1) is 10.0. The van der Waals surface area contributed by atoms with Crippen LogP contribution in [0.2, 0.25) is 0 Å². The fraction of sp³-hybridized carbons (Fsp3) is 0.250. The zero-order chi connectivity index (χ0) is 15.3. The summed E-state index contributed by atoms with van der Waals surface area (Å²) in [5.41, 5.74) is 0.499. The van der Waals surface area contributed by atoms with Crippen LogP contribution < -0.4 is 0 Å². The number of benzene rings is 2. The molecule has 0 spiro atoms. The lowest BCUT2D eigenvalue weighted by molar-refractivity contribution is -0.137. The lowest BCUT2D eigenvalue weighted by Gasteiger charge is -2.15. The van der Waals surface area contributed by atoms with Crippen molar-refractivity contribution in [2.24, 2.45) is 0 Å². The first-order valence-corrected chi connectivity index (χ1v) is 6.34. The third-order valence-corrected chi connectivity index (χ3v) is 2.94. The van der Waals surface area contributed by atoms with Crippen molar-refractivity contribution < 1.29 is 22.6 Å². The van der Waals surface area contributed by atoms with E-state index in [0.717, 1.165) is 6.07 Å². The van der Waals surface area contributed by atoms with Crippen LogP contribution in [0.25, 0.3) is 11.1 Å². The molecule has 21 heavy (non-hydrogen) atoms. The molecule has 0 radical (unpaired) electrons. The first kappa shape index (κ1) is 15.5. The third-order valence-electron chi connectivity index (χ3n) is 2.94. The molecule has 2 aromatic rings. The molecule has 112 valence electrons. The fourth-order valence-corrected chi connectivity index (χ4v) is 2.03. The van der Waals surface area contributed by atoms with Crippen molar-refractivity contribution in [3.8, 4) is 11.1 Å². The van der Waals surface area contributed by atoms with E-state index in [1.54, 1.807) is 36.4 Å². The smallest absolute Gasteiger partial charge is 0.359 e. The molecule has 0 saturated carbocycles. The lowest BCUT2D eigenvalue weighted by Crippen LogP contribution is -2.08. The molecular weight excluding hydrogens is 281 g/mol. The fourth-order valence-electron chi connectivity index (χ4n) is 2.03. The topological polar surface area (TPSA) is 18.5 Å². The number of methoxy groups -OCH3 is 1. The van der Waals surface area contributed by atoms with E-state index < -0.39 is 11.7 Å². The predicted molar refractivity (Wildman–Crippen MR) is 73.5 cm³/mol. The van der Waals surface area contributed by atoms with Gasteiger partial charge in [0.25, 0.3) is 0 Å². The Balaban J connectivity index is 2.37. The third kappa shape index (κ3) is 4.06. The van der Waals surface area contributed by atoms with Crippen LogP contribution in [0.1, 0.15) is 11.1 Å². The number of rotatable bonds is 5. The second-order valence-corrected chi connectivity index (χ2v) is 4.50. The van der Waals surface area contributed by atoms with Crippen molar-refractivity contribution in [3.05, 3.63) is 59.7 Å². The molecule has 2 rings (SSSR count). The maximum absolute atomic E-state index is 13.2. The van der Waals surface area contributed by atoms with Gasteiger partial charge in [-0.3, -0.25) is 0 Å². The first-order valence-electron chi connectivity index (χ1n) is 6.34. The van der Waals surface area contributed by atoms with Crippen LogP contribution in [0.3, 0.4) is 0 Å². The minimum absolute atomic E-state index is 0.0434. The molecule has 2 nitrogen and oxygen atoms in total. The Bertz CT molecular complexity index is 580. The van der Waals surface area contributed by atoms with Crippen LogP contribution in [-0.4, -0.2) is 13.9 Å². The highest BCUT2D eigenvalue weighted by molar-refractivity contribution is 5.68. The highest BCUT2D eigenvalue weighted by Crippen LogP contribution is 2.37. The van der Waals surface area contributed by atoms with Crippen molar-refractivity contribution in [2.45, 2.75) is 12.8 Å². The second-order valence-electron chi connectivity index (χ2n) is 4.50. The molecule has 0 saturated heterocycles. The Kier molecular flexibility index (Phi) is 4.98. The highest BCUT2D eigenvalue weighted by atomic mass is 19.4. The van der Waals surface area contributed by atoms with Crippen LogP contribution in [0.4, 0.5) is 13.2 Å². The van der Waals surface area contributed by atoms with Gasteiger partial charge in [-0.1, -0.05) is 42.5 Å². The Labute approximate surface area is 121 Å². The molecular formula is C16H15F3O2. The SMILES string of the molecule is COCOCc1ccc(-c2ccccc2)c(C(F)(F)F)c1. The summed E-state index contributed by atoms with van der Waals surface area (Å²) in [5.74, 6) is 0. The maximum Gasteiger partial charge on any atom is 0.417 e. The number of halogens is 3. The van der Waals surface area contributed by atoms with Gasteiger partial charge in [-0.25, -0.2) is 0 Å². The van der Waals surface area contributed by atoms with Crippen molar-refractivity contribution in [1.82, 2.24) is 0 Å². The molecule has 5 heteroatoms. The van der Waals surface area contributed by atoms with Crippen LogP contribution in [0.15, 0.2) is 48.5 Å². The lowest BCUT2D eigenvalue weighted by atomic mass is 9.97. The summed E-state index contributed by atoms with van der Waals surface area (Å²) in [6, 6.07) is 12.7. The van der Waals surface area contributed by atoms with Gasteiger partial charge < -0.3 is 9.47 Å². The zero-order valence-electron chi connectivity index (χ0n) is 11.5. The summed E-state index contributed by atoms with van der Waals surface area (Å²) in [6.07, 6.45) is -4.41. The monoisotopic (exact) mass is 296 g/mol. The van der Waals surface area contributed by atoms with Crippen LogP contribution >= 0.6 is 0 Å². The number of ether oxygens (including phenoxy) is 2. The summed E-state index contributed by atoms with van der Waals surface area (Å²) in [6.45, 7) is 0.119. The van der Waals surface area contributed by atoms with E-state index in [2.05, 4.69) is 0 Å². The summed E-state index contributed by atoms with van der Waals surface area (Å²) in [5, 5.41) is 0. The predicted octanol–water partition coefficient (Wildman–Crippen LogP) is 4.49. The number of alkyl halides is 3. The quantitative estimate of drug-likeness (QED) is 0.597. The maximum atomic E-state index is 13.2. The molecule has 0 heterocycles. The van der Waals surface area contributed by atoms with E-state index in [4.69, 9.17) is 9.47 Å². The average Bonchev–Trinajstić information content (AvgIpc) is 2.47. The van der Waals surface area contributed by atoms with E-state index in [1.807, 2.05) is 0 Å². The van der Waals surface area contributed by atoms with Gasteiger partial charge >= 0.3 is 6.18 Å². The van der Waals surface area contributed by atoms with Gasteiger partial charge in [0.2, 0.25) is 0 Å².